The summed E-state index contributed by atoms with van der Waals surface area (Å²) in [4.78, 5) is 31.2. The largest absolute Gasteiger partial charge is 0.383 e. The summed E-state index contributed by atoms with van der Waals surface area (Å²) < 4.78 is 26.1. The van der Waals surface area contributed by atoms with Crippen LogP contribution in [0.15, 0.2) is 60.1 Å². The number of halogens is 2. The van der Waals surface area contributed by atoms with Gasteiger partial charge in [0.05, 0.1) is 11.9 Å². The van der Waals surface area contributed by atoms with Crippen LogP contribution >= 0.6 is 23.2 Å². The van der Waals surface area contributed by atoms with Gasteiger partial charge in [-0.05, 0) is 30.2 Å². The molecule has 184 valence electrons. The molecule has 0 bridgehead atoms. The lowest BCUT2D eigenvalue weighted by atomic mass is 9.91. The van der Waals surface area contributed by atoms with Crippen molar-refractivity contribution in [3.05, 3.63) is 71.0 Å². The number of fused-ring (bicyclic) bond motifs is 1. The minimum Gasteiger partial charge on any atom is -0.383 e. The molecule has 4 N–H and O–H groups in total. The number of anilines is 3. The Morgan fingerprint density at radius 2 is 1.72 bits per heavy atom. The first-order valence-corrected chi connectivity index (χ1v) is 12.7. The highest BCUT2D eigenvalue weighted by Crippen LogP contribution is 2.44. The molecule has 0 spiro atoms. The summed E-state index contributed by atoms with van der Waals surface area (Å²) in [6, 6.07) is 10.2. The summed E-state index contributed by atoms with van der Waals surface area (Å²) in [7, 11) is -4.21. The number of primary sulfonamides is 1. The number of amides is 1. The SMILES string of the molecule is CC1(Cc2ccc(-c3cncnc3N)cc2)C(=O)N(c2cc(Cl)nc(Cl)c2)c2ncc(S(N)(=O)=O)n21. The van der Waals surface area contributed by atoms with E-state index in [-0.39, 0.29) is 33.4 Å². The molecule has 4 aromatic rings. The van der Waals surface area contributed by atoms with Gasteiger partial charge in [0.15, 0.2) is 5.03 Å². The number of nitrogen functional groups attached to an aromatic ring is 1. The molecule has 4 heterocycles. The van der Waals surface area contributed by atoms with Gasteiger partial charge in [0.2, 0.25) is 5.95 Å². The Hall–Kier alpha value is -3.58. The van der Waals surface area contributed by atoms with E-state index in [0.29, 0.717) is 11.4 Å². The Morgan fingerprint density at radius 3 is 2.33 bits per heavy atom. The van der Waals surface area contributed by atoms with Crippen LogP contribution in [-0.4, -0.2) is 38.8 Å². The van der Waals surface area contributed by atoms with Crippen molar-refractivity contribution < 1.29 is 13.2 Å². The number of pyridine rings is 1. The van der Waals surface area contributed by atoms with E-state index in [1.54, 1.807) is 13.1 Å². The second-order valence-electron chi connectivity index (χ2n) is 8.36. The highest BCUT2D eigenvalue weighted by molar-refractivity contribution is 7.89. The first-order chi connectivity index (χ1) is 17.0. The molecular weight excluding hydrogens is 527 g/mol. The molecular formula is C22H18Cl2N8O3S. The number of carbonyl (C=O) groups is 1. The number of aromatic nitrogens is 5. The monoisotopic (exact) mass is 544 g/mol. The van der Waals surface area contributed by atoms with Gasteiger partial charge in [0, 0.05) is 18.2 Å². The molecule has 1 aliphatic rings. The first-order valence-electron chi connectivity index (χ1n) is 10.4. The number of sulfonamides is 1. The molecule has 14 heteroatoms. The third kappa shape index (κ3) is 3.97. The number of hydrogen-bond acceptors (Lipinski definition) is 8. The van der Waals surface area contributed by atoms with E-state index in [1.807, 2.05) is 24.3 Å². The third-order valence-corrected chi connectivity index (χ3v) is 7.18. The second kappa shape index (κ2) is 8.52. The van der Waals surface area contributed by atoms with Crippen molar-refractivity contribution in [1.82, 2.24) is 24.5 Å². The average Bonchev–Trinajstić information content (AvgIpc) is 3.33. The highest BCUT2D eigenvalue weighted by Gasteiger charge is 2.51. The maximum atomic E-state index is 13.9. The summed E-state index contributed by atoms with van der Waals surface area (Å²) in [5.41, 5.74) is 7.04. The molecule has 0 radical (unpaired) electrons. The fraction of sp³-hybridized carbons (Fsp3) is 0.136. The number of carbonyl (C=O) groups excluding carboxylic acids is 1. The van der Waals surface area contributed by atoms with Gasteiger partial charge in [-0.2, -0.15) is 0 Å². The van der Waals surface area contributed by atoms with Gasteiger partial charge in [0.25, 0.3) is 15.9 Å². The molecule has 1 aromatic carbocycles. The number of nitrogens with two attached hydrogens (primary N) is 2. The van der Waals surface area contributed by atoms with Crippen molar-refractivity contribution in [1.29, 1.82) is 0 Å². The van der Waals surface area contributed by atoms with E-state index in [9.17, 15) is 13.2 Å². The van der Waals surface area contributed by atoms with Crippen LogP contribution in [0.5, 0.6) is 0 Å². The number of rotatable bonds is 5. The maximum Gasteiger partial charge on any atom is 0.260 e. The van der Waals surface area contributed by atoms with Crippen LogP contribution in [0.3, 0.4) is 0 Å². The molecule has 0 saturated carbocycles. The quantitative estimate of drug-likeness (QED) is 0.362. The topological polar surface area (TPSA) is 163 Å². The number of hydrogen-bond donors (Lipinski definition) is 2. The van der Waals surface area contributed by atoms with Crippen LogP contribution in [0.1, 0.15) is 12.5 Å². The van der Waals surface area contributed by atoms with Gasteiger partial charge >= 0.3 is 0 Å². The fourth-order valence-electron chi connectivity index (χ4n) is 4.31. The molecule has 1 atom stereocenters. The standard InChI is InChI=1S/C22H18Cl2N8O3S/c1-22(8-12-2-4-13(5-3-12)15-9-27-11-29-19(15)25)20(33)31(14-6-16(23)30-17(24)7-14)21-28-10-18(32(21)22)36(26,34)35/h2-7,9-11H,8H2,1H3,(H2,25,27,29)(H2,26,34,35). The molecule has 3 aromatic heterocycles. The third-order valence-electron chi connectivity index (χ3n) is 5.92. The van der Waals surface area contributed by atoms with Crippen LogP contribution in [0, 0.1) is 0 Å². The van der Waals surface area contributed by atoms with Gasteiger partial charge in [-0.25, -0.2) is 38.4 Å². The maximum absolute atomic E-state index is 13.9. The normalized spacial score (nSPS) is 17.4. The van der Waals surface area contributed by atoms with Crippen LogP contribution < -0.4 is 15.8 Å². The van der Waals surface area contributed by atoms with Crippen molar-refractivity contribution in [2.45, 2.75) is 23.9 Å². The lowest BCUT2D eigenvalue weighted by Crippen LogP contribution is -2.42. The molecule has 5 rings (SSSR count). The minimum absolute atomic E-state index is 0.0587. The second-order valence-corrected chi connectivity index (χ2v) is 10.6. The molecule has 1 amide bonds. The van der Waals surface area contributed by atoms with Crippen molar-refractivity contribution in [2.75, 3.05) is 10.6 Å². The summed E-state index contributed by atoms with van der Waals surface area (Å²) in [5.74, 6) is -0.0452. The molecule has 0 saturated heterocycles. The Balaban J connectivity index is 1.60. The van der Waals surface area contributed by atoms with Gasteiger partial charge < -0.3 is 5.73 Å². The summed E-state index contributed by atoms with van der Waals surface area (Å²) in [6.07, 6.45) is 4.22. The summed E-state index contributed by atoms with van der Waals surface area (Å²) >= 11 is 12.1. The highest BCUT2D eigenvalue weighted by atomic mass is 35.5. The van der Waals surface area contributed by atoms with E-state index in [1.165, 1.54) is 27.9 Å². The molecule has 0 fully saturated rings. The predicted octanol–water partition coefficient (Wildman–Crippen LogP) is 2.91. The van der Waals surface area contributed by atoms with Crippen LogP contribution in [-0.2, 0) is 26.8 Å². The fourth-order valence-corrected chi connectivity index (χ4v) is 5.49. The number of nitrogens with zero attached hydrogens (tertiary/aromatic N) is 6. The number of benzene rings is 1. The molecule has 11 nitrogen and oxygen atoms in total. The van der Waals surface area contributed by atoms with E-state index in [0.717, 1.165) is 17.3 Å². The lowest BCUT2D eigenvalue weighted by Gasteiger charge is -2.26. The Kier molecular flexibility index (Phi) is 5.71. The Labute approximate surface area is 215 Å². The van der Waals surface area contributed by atoms with E-state index in [4.69, 9.17) is 34.1 Å². The predicted molar refractivity (Wildman–Crippen MR) is 134 cm³/mol. The van der Waals surface area contributed by atoms with E-state index < -0.39 is 21.5 Å². The Bertz CT molecular complexity index is 1600. The molecule has 1 aliphatic heterocycles. The summed E-state index contributed by atoms with van der Waals surface area (Å²) in [6.45, 7) is 1.62. The lowest BCUT2D eigenvalue weighted by molar-refractivity contribution is -0.124. The molecule has 0 aliphatic carbocycles. The van der Waals surface area contributed by atoms with Gasteiger partial charge in [-0.1, -0.05) is 47.5 Å². The van der Waals surface area contributed by atoms with Gasteiger partial charge in [-0.3, -0.25) is 9.36 Å². The van der Waals surface area contributed by atoms with Crippen molar-refractivity contribution in [3.63, 3.8) is 0 Å². The zero-order valence-corrected chi connectivity index (χ0v) is 21.0. The van der Waals surface area contributed by atoms with Crippen LogP contribution in [0.4, 0.5) is 17.5 Å². The van der Waals surface area contributed by atoms with E-state index >= 15 is 0 Å². The minimum atomic E-state index is -4.21. The summed E-state index contributed by atoms with van der Waals surface area (Å²) in [5, 5.41) is 5.29. The molecule has 1 unspecified atom stereocenters. The van der Waals surface area contributed by atoms with Crippen molar-refractivity contribution in [3.8, 4) is 11.1 Å². The zero-order valence-electron chi connectivity index (χ0n) is 18.6. The average molecular weight is 545 g/mol. The zero-order chi connectivity index (χ0) is 25.8. The van der Waals surface area contributed by atoms with Crippen molar-refractivity contribution in [2.24, 2.45) is 5.14 Å². The van der Waals surface area contributed by atoms with Crippen molar-refractivity contribution >= 4 is 56.6 Å². The van der Waals surface area contributed by atoms with Crippen LogP contribution in [0.2, 0.25) is 10.3 Å². The van der Waals surface area contributed by atoms with Gasteiger partial charge in [0.1, 0.15) is 28.0 Å². The Morgan fingerprint density at radius 1 is 1.06 bits per heavy atom. The number of imidazole rings is 1. The van der Waals surface area contributed by atoms with Gasteiger partial charge in [-0.15, -0.1) is 0 Å². The molecule has 36 heavy (non-hydrogen) atoms. The van der Waals surface area contributed by atoms with Crippen LogP contribution in [0.25, 0.3) is 11.1 Å². The smallest absolute Gasteiger partial charge is 0.260 e. The van der Waals surface area contributed by atoms with E-state index in [2.05, 4.69) is 19.9 Å². The first kappa shape index (κ1) is 24.1.